The normalized spacial score (nSPS) is 12.3. The molecule has 0 fully saturated rings. The first-order chi connectivity index (χ1) is 7.20. The summed E-state index contributed by atoms with van der Waals surface area (Å²) < 4.78 is 0. The Morgan fingerprint density at radius 3 is 2.47 bits per heavy atom. The van der Waals surface area contributed by atoms with Crippen LogP contribution in [0.25, 0.3) is 0 Å². The first-order valence-electron chi connectivity index (χ1n) is 5.85. The summed E-state index contributed by atoms with van der Waals surface area (Å²) >= 11 is 0. The van der Waals surface area contributed by atoms with Crippen LogP contribution in [0.2, 0.25) is 0 Å². The number of hydrogen-bond donors (Lipinski definition) is 2. The zero-order chi connectivity index (χ0) is 11.5. The summed E-state index contributed by atoms with van der Waals surface area (Å²) in [4.78, 5) is 2.23. The zero-order valence-corrected chi connectivity index (χ0v) is 10.1. The van der Waals surface area contributed by atoms with E-state index in [2.05, 4.69) is 24.0 Å². The molecule has 0 saturated carbocycles. The van der Waals surface area contributed by atoms with Crippen LogP contribution >= 0.6 is 0 Å². The van der Waals surface area contributed by atoms with Crippen LogP contribution in [0.3, 0.4) is 0 Å². The molecule has 0 heterocycles. The van der Waals surface area contributed by atoms with Gasteiger partial charge in [0.25, 0.3) is 0 Å². The van der Waals surface area contributed by atoms with Crippen molar-refractivity contribution in [2.24, 2.45) is 10.9 Å². The third kappa shape index (κ3) is 9.53. The van der Waals surface area contributed by atoms with Gasteiger partial charge in [-0.1, -0.05) is 37.8 Å². The van der Waals surface area contributed by atoms with Gasteiger partial charge in [-0.25, -0.2) is 0 Å². The molecular weight excluding hydrogens is 190 g/mol. The highest BCUT2D eigenvalue weighted by Gasteiger charge is 2.00. The van der Waals surface area contributed by atoms with E-state index in [0.717, 1.165) is 13.1 Å². The standard InChI is InChI=1S/C11H25N3O/c1-3-4-5-6-7-9-14(2)10-8-11(12)13-15/h15H,3-10H2,1-2H3,(H2,12,13). The quantitative estimate of drug-likeness (QED) is 0.203. The fourth-order valence-corrected chi connectivity index (χ4v) is 1.45. The molecular formula is C11H25N3O. The number of unbranched alkanes of at least 4 members (excludes halogenated alkanes) is 4. The second-order valence-electron chi connectivity index (χ2n) is 4.06. The number of amidine groups is 1. The van der Waals surface area contributed by atoms with E-state index in [4.69, 9.17) is 10.9 Å². The van der Waals surface area contributed by atoms with Crippen LogP contribution in [-0.2, 0) is 0 Å². The summed E-state index contributed by atoms with van der Waals surface area (Å²) in [7, 11) is 2.07. The van der Waals surface area contributed by atoms with E-state index >= 15 is 0 Å². The summed E-state index contributed by atoms with van der Waals surface area (Å²) in [6, 6.07) is 0. The van der Waals surface area contributed by atoms with Crippen LogP contribution in [0.15, 0.2) is 5.16 Å². The Balaban J connectivity index is 3.29. The first kappa shape index (κ1) is 14.2. The number of nitrogens with zero attached hydrogens (tertiary/aromatic N) is 2. The fourth-order valence-electron chi connectivity index (χ4n) is 1.45. The van der Waals surface area contributed by atoms with Crippen LogP contribution in [-0.4, -0.2) is 36.1 Å². The Labute approximate surface area is 93.1 Å². The van der Waals surface area contributed by atoms with Crippen molar-refractivity contribution in [1.82, 2.24) is 4.90 Å². The molecule has 0 amide bonds. The molecule has 3 N–H and O–H groups in total. The van der Waals surface area contributed by atoms with E-state index in [0.29, 0.717) is 12.3 Å². The van der Waals surface area contributed by atoms with Gasteiger partial charge in [0.05, 0.1) is 0 Å². The van der Waals surface area contributed by atoms with Gasteiger partial charge in [-0.2, -0.15) is 0 Å². The molecule has 0 rings (SSSR count). The monoisotopic (exact) mass is 215 g/mol. The maximum absolute atomic E-state index is 8.37. The molecule has 15 heavy (non-hydrogen) atoms. The van der Waals surface area contributed by atoms with Gasteiger partial charge >= 0.3 is 0 Å². The smallest absolute Gasteiger partial charge is 0.140 e. The minimum atomic E-state index is 0.313. The molecule has 0 bridgehead atoms. The Hall–Kier alpha value is -0.770. The van der Waals surface area contributed by atoms with E-state index in [1.54, 1.807) is 0 Å². The third-order valence-corrected chi connectivity index (χ3v) is 2.52. The molecule has 0 saturated heterocycles. The lowest BCUT2D eigenvalue weighted by Gasteiger charge is -2.15. The molecule has 0 aromatic rings. The molecule has 0 unspecified atom stereocenters. The SMILES string of the molecule is CCCCCCCN(C)CC/C(N)=N/O. The first-order valence-corrected chi connectivity index (χ1v) is 5.85. The van der Waals surface area contributed by atoms with Gasteiger partial charge in [-0.15, -0.1) is 0 Å². The predicted molar refractivity (Wildman–Crippen MR) is 64.3 cm³/mol. The topological polar surface area (TPSA) is 61.8 Å². The van der Waals surface area contributed by atoms with Crippen LogP contribution in [0.4, 0.5) is 0 Å². The van der Waals surface area contributed by atoms with E-state index in [1.165, 1.54) is 32.1 Å². The molecule has 0 radical (unpaired) electrons. The Morgan fingerprint density at radius 2 is 1.87 bits per heavy atom. The maximum atomic E-state index is 8.37. The number of rotatable bonds is 9. The van der Waals surface area contributed by atoms with Crippen molar-refractivity contribution < 1.29 is 5.21 Å². The lowest BCUT2D eigenvalue weighted by Crippen LogP contribution is -2.25. The van der Waals surface area contributed by atoms with Gasteiger partial charge in [0.1, 0.15) is 5.84 Å². The van der Waals surface area contributed by atoms with Gasteiger partial charge in [-0.3, -0.25) is 0 Å². The summed E-state index contributed by atoms with van der Waals surface area (Å²) in [6.07, 6.45) is 7.16. The largest absolute Gasteiger partial charge is 0.409 e. The van der Waals surface area contributed by atoms with E-state index in [1.807, 2.05) is 0 Å². The number of oxime groups is 1. The second kappa shape index (κ2) is 9.77. The Kier molecular flexibility index (Phi) is 9.27. The van der Waals surface area contributed by atoms with Crippen LogP contribution in [0.5, 0.6) is 0 Å². The molecule has 0 atom stereocenters. The number of nitrogens with two attached hydrogens (primary N) is 1. The van der Waals surface area contributed by atoms with Crippen molar-refractivity contribution in [3.63, 3.8) is 0 Å². The maximum Gasteiger partial charge on any atom is 0.140 e. The Bertz CT molecular complexity index is 171. The van der Waals surface area contributed by atoms with Crippen LogP contribution < -0.4 is 5.73 Å². The van der Waals surface area contributed by atoms with Gasteiger partial charge in [0.2, 0.25) is 0 Å². The average Bonchev–Trinajstić information content (AvgIpc) is 2.25. The van der Waals surface area contributed by atoms with Crippen molar-refractivity contribution in [3.05, 3.63) is 0 Å². The van der Waals surface area contributed by atoms with Gasteiger partial charge in [0.15, 0.2) is 0 Å². The highest BCUT2D eigenvalue weighted by molar-refractivity contribution is 5.79. The van der Waals surface area contributed by atoms with E-state index in [9.17, 15) is 0 Å². The van der Waals surface area contributed by atoms with Crippen molar-refractivity contribution in [2.75, 3.05) is 20.1 Å². The number of hydrogen-bond acceptors (Lipinski definition) is 3. The van der Waals surface area contributed by atoms with E-state index < -0.39 is 0 Å². The molecule has 0 aromatic carbocycles. The molecule has 0 aromatic heterocycles. The minimum absolute atomic E-state index is 0.313. The lowest BCUT2D eigenvalue weighted by molar-refractivity contribution is 0.309. The summed E-state index contributed by atoms with van der Waals surface area (Å²) in [6.45, 7) is 4.19. The molecule has 0 aliphatic heterocycles. The molecule has 4 heteroatoms. The highest BCUT2D eigenvalue weighted by Crippen LogP contribution is 2.03. The van der Waals surface area contributed by atoms with Gasteiger partial charge in [0, 0.05) is 13.0 Å². The van der Waals surface area contributed by atoms with Crippen molar-refractivity contribution in [3.8, 4) is 0 Å². The summed E-state index contributed by atoms with van der Waals surface area (Å²) in [5.41, 5.74) is 5.39. The molecule has 0 aliphatic rings. The van der Waals surface area contributed by atoms with Gasteiger partial charge < -0.3 is 15.8 Å². The third-order valence-electron chi connectivity index (χ3n) is 2.52. The van der Waals surface area contributed by atoms with Crippen molar-refractivity contribution in [2.45, 2.75) is 45.4 Å². The average molecular weight is 215 g/mol. The second-order valence-corrected chi connectivity index (χ2v) is 4.06. The molecule has 0 spiro atoms. The van der Waals surface area contributed by atoms with Crippen molar-refractivity contribution in [1.29, 1.82) is 0 Å². The summed E-state index contributed by atoms with van der Waals surface area (Å²) in [5, 5.41) is 11.3. The molecule has 4 nitrogen and oxygen atoms in total. The van der Waals surface area contributed by atoms with Crippen molar-refractivity contribution >= 4 is 5.84 Å². The minimum Gasteiger partial charge on any atom is -0.409 e. The zero-order valence-electron chi connectivity index (χ0n) is 10.1. The van der Waals surface area contributed by atoms with Crippen LogP contribution in [0.1, 0.15) is 45.4 Å². The lowest BCUT2D eigenvalue weighted by atomic mass is 10.1. The molecule has 0 aliphatic carbocycles. The fraction of sp³-hybridized carbons (Fsp3) is 0.909. The van der Waals surface area contributed by atoms with Crippen LogP contribution in [0, 0.1) is 0 Å². The summed E-state index contributed by atoms with van der Waals surface area (Å²) in [5.74, 6) is 0.313. The Morgan fingerprint density at radius 1 is 1.20 bits per heavy atom. The van der Waals surface area contributed by atoms with Gasteiger partial charge in [-0.05, 0) is 20.0 Å². The van der Waals surface area contributed by atoms with E-state index in [-0.39, 0.29) is 0 Å². The highest BCUT2D eigenvalue weighted by atomic mass is 16.4. The predicted octanol–water partition coefficient (Wildman–Crippen LogP) is 2.03. The molecule has 90 valence electrons.